The second-order valence-corrected chi connectivity index (χ2v) is 5.88. The zero-order valence-electron chi connectivity index (χ0n) is 11.1. The van der Waals surface area contributed by atoms with Gasteiger partial charge < -0.3 is 10.2 Å². The van der Waals surface area contributed by atoms with Crippen LogP contribution < -0.4 is 0 Å². The fourth-order valence-electron chi connectivity index (χ4n) is 3.82. The molecule has 0 amide bonds. The van der Waals surface area contributed by atoms with E-state index in [9.17, 15) is 10.2 Å². The molecule has 2 bridgehead atoms. The van der Waals surface area contributed by atoms with Gasteiger partial charge in [-0.3, -0.25) is 0 Å². The van der Waals surface area contributed by atoms with Crippen LogP contribution in [0.15, 0.2) is 29.8 Å². The Morgan fingerprint density at radius 1 is 1.00 bits per heavy atom. The fourth-order valence-corrected chi connectivity index (χ4v) is 3.82. The third-order valence-electron chi connectivity index (χ3n) is 4.71. The van der Waals surface area contributed by atoms with Crippen molar-refractivity contribution in [2.24, 2.45) is 0 Å². The van der Waals surface area contributed by atoms with Gasteiger partial charge in [0.2, 0.25) is 0 Å². The van der Waals surface area contributed by atoms with E-state index in [4.69, 9.17) is 0 Å². The Bertz CT molecular complexity index is 756. The average molecular weight is 252 g/mol. The maximum Gasteiger partial charge on any atom is 0.127 e. The lowest BCUT2D eigenvalue weighted by Gasteiger charge is -2.19. The van der Waals surface area contributed by atoms with E-state index in [1.807, 2.05) is 25.1 Å². The summed E-state index contributed by atoms with van der Waals surface area (Å²) in [5.74, 6) is 1.29. The minimum atomic E-state index is 0.274. The second kappa shape index (κ2) is 3.32. The van der Waals surface area contributed by atoms with Crippen LogP contribution in [-0.4, -0.2) is 10.2 Å². The number of rotatable bonds is 0. The predicted molar refractivity (Wildman–Crippen MR) is 75.9 cm³/mol. The molecule has 2 unspecified atom stereocenters. The van der Waals surface area contributed by atoms with Crippen molar-refractivity contribution < 1.29 is 10.2 Å². The Morgan fingerprint density at radius 3 is 2.53 bits per heavy atom. The first-order valence-electron chi connectivity index (χ1n) is 6.74. The Morgan fingerprint density at radius 2 is 1.74 bits per heavy atom. The minimum Gasteiger partial charge on any atom is -0.507 e. The van der Waals surface area contributed by atoms with Crippen LogP contribution in [0, 0.1) is 6.92 Å². The zero-order valence-corrected chi connectivity index (χ0v) is 11.1. The van der Waals surface area contributed by atoms with Crippen LogP contribution in [0.25, 0.3) is 10.8 Å². The van der Waals surface area contributed by atoms with Gasteiger partial charge in [-0.15, -0.1) is 0 Å². The molecule has 0 aliphatic heterocycles. The van der Waals surface area contributed by atoms with Crippen LogP contribution in [0.4, 0.5) is 0 Å². The van der Waals surface area contributed by atoms with Crippen LogP contribution in [0.2, 0.25) is 0 Å². The van der Waals surface area contributed by atoms with Gasteiger partial charge in [0.1, 0.15) is 11.5 Å². The molecule has 2 aromatic rings. The first-order valence-corrected chi connectivity index (χ1v) is 6.74. The van der Waals surface area contributed by atoms with Crippen LogP contribution in [-0.2, 0) is 0 Å². The van der Waals surface area contributed by atoms with Crippen molar-refractivity contribution in [2.75, 3.05) is 0 Å². The molecule has 2 N–H and O–H groups in total. The molecule has 19 heavy (non-hydrogen) atoms. The molecule has 2 atom stereocenters. The van der Waals surface area contributed by atoms with Crippen LogP contribution >= 0.6 is 0 Å². The molecule has 2 heteroatoms. The maximum atomic E-state index is 10.6. The lowest BCUT2D eigenvalue weighted by atomic mass is 9.87. The highest BCUT2D eigenvalue weighted by atomic mass is 16.3. The lowest BCUT2D eigenvalue weighted by Crippen LogP contribution is -1.99. The largest absolute Gasteiger partial charge is 0.507 e. The summed E-state index contributed by atoms with van der Waals surface area (Å²) in [5.41, 5.74) is 4.32. The van der Waals surface area contributed by atoms with Crippen LogP contribution in [0.5, 0.6) is 11.5 Å². The van der Waals surface area contributed by atoms with Gasteiger partial charge in [0.25, 0.3) is 0 Å². The zero-order chi connectivity index (χ0) is 13.3. The Balaban J connectivity index is 2.15. The molecule has 4 rings (SSSR count). The number of hydrogen-bond acceptors (Lipinski definition) is 2. The van der Waals surface area contributed by atoms with Gasteiger partial charge in [0, 0.05) is 33.7 Å². The van der Waals surface area contributed by atoms with Gasteiger partial charge in [-0.2, -0.15) is 0 Å². The van der Waals surface area contributed by atoms with Gasteiger partial charge in [0.15, 0.2) is 0 Å². The van der Waals surface area contributed by atoms with E-state index in [1.165, 1.54) is 5.57 Å². The summed E-state index contributed by atoms with van der Waals surface area (Å²) >= 11 is 0. The average Bonchev–Trinajstić information content (AvgIpc) is 2.92. The number of phenolic OH excluding ortho intramolecular Hbond substituents is 2. The fraction of sp³-hybridized carbons (Fsp3) is 0.294. The molecular formula is C17H16O2. The van der Waals surface area contributed by atoms with Crippen molar-refractivity contribution in [3.63, 3.8) is 0 Å². The van der Waals surface area contributed by atoms with Crippen molar-refractivity contribution >= 4 is 10.8 Å². The molecule has 2 nitrogen and oxygen atoms in total. The third kappa shape index (κ3) is 1.21. The quantitative estimate of drug-likeness (QED) is 0.547. The highest BCUT2D eigenvalue weighted by Crippen LogP contribution is 2.59. The summed E-state index contributed by atoms with van der Waals surface area (Å²) in [5, 5.41) is 22.7. The molecule has 2 aliphatic rings. The van der Waals surface area contributed by atoms with E-state index in [0.29, 0.717) is 11.5 Å². The highest BCUT2D eigenvalue weighted by molar-refractivity contribution is 5.97. The molecule has 0 saturated carbocycles. The molecule has 0 heterocycles. The van der Waals surface area contributed by atoms with E-state index in [1.54, 1.807) is 0 Å². The van der Waals surface area contributed by atoms with E-state index < -0.39 is 0 Å². The summed E-state index contributed by atoms with van der Waals surface area (Å²) in [6, 6.07) is 5.84. The molecule has 0 radical (unpaired) electrons. The molecular weight excluding hydrogens is 236 g/mol. The van der Waals surface area contributed by atoms with E-state index >= 15 is 0 Å². The molecule has 2 aromatic carbocycles. The molecule has 2 aliphatic carbocycles. The molecule has 0 saturated heterocycles. The van der Waals surface area contributed by atoms with Gasteiger partial charge in [0.05, 0.1) is 0 Å². The van der Waals surface area contributed by atoms with Gasteiger partial charge in [-0.25, -0.2) is 0 Å². The second-order valence-electron chi connectivity index (χ2n) is 5.88. The summed E-state index contributed by atoms with van der Waals surface area (Å²) in [7, 11) is 0. The Kier molecular flexibility index (Phi) is 1.91. The van der Waals surface area contributed by atoms with Crippen molar-refractivity contribution in [2.45, 2.75) is 32.1 Å². The molecule has 0 spiro atoms. The number of aryl methyl sites for hydroxylation is 1. The lowest BCUT2D eigenvalue weighted by molar-refractivity contribution is 0.459. The van der Waals surface area contributed by atoms with Crippen molar-refractivity contribution in [3.8, 4) is 11.5 Å². The minimum absolute atomic E-state index is 0.274. The number of benzene rings is 2. The summed E-state index contributed by atoms with van der Waals surface area (Å²) in [4.78, 5) is 0. The Labute approximate surface area is 112 Å². The summed E-state index contributed by atoms with van der Waals surface area (Å²) < 4.78 is 0. The molecule has 96 valence electrons. The monoisotopic (exact) mass is 252 g/mol. The summed E-state index contributed by atoms with van der Waals surface area (Å²) in [6.07, 6.45) is 3.23. The van der Waals surface area contributed by atoms with Gasteiger partial charge >= 0.3 is 0 Å². The van der Waals surface area contributed by atoms with Crippen molar-refractivity contribution in [1.29, 1.82) is 0 Å². The standard InChI is InChI=1S/C17H16O2/c1-8-3-4-11-13(5-8)17(19)14-10-6-9(2)12(7-10)15(14)16(11)18/h3-6,10,12,18-19H,7H2,1-2H3. The molecule has 0 fully saturated rings. The highest BCUT2D eigenvalue weighted by Gasteiger charge is 2.41. The summed E-state index contributed by atoms with van der Waals surface area (Å²) in [6.45, 7) is 4.11. The van der Waals surface area contributed by atoms with Gasteiger partial charge in [-0.05, 0) is 26.3 Å². The van der Waals surface area contributed by atoms with E-state index in [-0.39, 0.29) is 11.8 Å². The van der Waals surface area contributed by atoms with Crippen molar-refractivity contribution in [1.82, 2.24) is 0 Å². The SMILES string of the molecule is CC1=CC2CC1c1c2c(O)c2cc(C)ccc2c1O. The smallest absolute Gasteiger partial charge is 0.127 e. The van der Waals surface area contributed by atoms with Crippen LogP contribution in [0.3, 0.4) is 0 Å². The first-order chi connectivity index (χ1) is 9.08. The number of fused-ring (bicyclic) bond motifs is 6. The number of allylic oxidation sites excluding steroid dienone is 2. The van der Waals surface area contributed by atoms with Gasteiger partial charge in [-0.1, -0.05) is 29.3 Å². The number of hydrogen-bond donors (Lipinski definition) is 2. The maximum absolute atomic E-state index is 10.6. The predicted octanol–water partition coefficient (Wildman–Crippen LogP) is 4.09. The van der Waals surface area contributed by atoms with E-state index in [0.717, 1.165) is 33.9 Å². The topological polar surface area (TPSA) is 40.5 Å². The first kappa shape index (κ1) is 10.9. The number of aromatic hydroxyl groups is 2. The molecule has 0 aromatic heterocycles. The Hall–Kier alpha value is -1.96. The third-order valence-corrected chi connectivity index (χ3v) is 4.71. The number of phenols is 2. The van der Waals surface area contributed by atoms with Crippen LogP contribution in [0.1, 0.15) is 41.9 Å². The van der Waals surface area contributed by atoms with Crippen molar-refractivity contribution in [3.05, 3.63) is 46.5 Å². The van der Waals surface area contributed by atoms with E-state index in [2.05, 4.69) is 13.0 Å². The normalized spacial score (nSPS) is 23.8.